The Kier molecular flexibility index (Phi) is 3.67. The van der Waals surface area contributed by atoms with E-state index in [2.05, 4.69) is 5.32 Å². The van der Waals surface area contributed by atoms with Crippen molar-refractivity contribution in [2.24, 2.45) is 0 Å². The fraction of sp³-hybridized carbons (Fsp3) is 0.308. The SMILES string of the molecule is Cl.Nc1cccc2c1CN([C@@H]1CCC(=O)NC1=O)C2=O. The number of nitrogen functional groups attached to an aromatic ring is 1. The monoisotopic (exact) mass is 295 g/mol. The van der Waals surface area contributed by atoms with Crippen LogP contribution in [0, 0.1) is 0 Å². The van der Waals surface area contributed by atoms with E-state index in [1.165, 1.54) is 4.90 Å². The van der Waals surface area contributed by atoms with E-state index in [4.69, 9.17) is 5.73 Å². The van der Waals surface area contributed by atoms with E-state index in [1.807, 2.05) is 0 Å². The molecule has 2 aliphatic rings. The van der Waals surface area contributed by atoms with Gasteiger partial charge in [0, 0.05) is 29.8 Å². The molecule has 0 radical (unpaired) electrons. The van der Waals surface area contributed by atoms with Gasteiger partial charge in [0.2, 0.25) is 11.8 Å². The van der Waals surface area contributed by atoms with Crippen molar-refractivity contribution in [3.8, 4) is 0 Å². The fourth-order valence-electron chi connectivity index (χ4n) is 2.61. The Morgan fingerprint density at radius 1 is 1.25 bits per heavy atom. The maximum absolute atomic E-state index is 12.3. The van der Waals surface area contributed by atoms with Crippen molar-refractivity contribution in [2.75, 3.05) is 5.73 Å². The first-order valence-electron chi connectivity index (χ1n) is 6.10. The first kappa shape index (κ1) is 14.3. The van der Waals surface area contributed by atoms with Crippen LogP contribution in [0.3, 0.4) is 0 Å². The molecule has 0 aromatic heterocycles. The number of imide groups is 1. The van der Waals surface area contributed by atoms with Crippen LogP contribution in [0.25, 0.3) is 0 Å². The van der Waals surface area contributed by atoms with Crippen molar-refractivity contribution in [3.63, 3.8) is 0 Å². The summed E-state index contributed by atoms with van der Waals surface area (Å²) in [6, 6.07) is 4.58. The molecule has 1 aromatic rings. The molecule has 0 unspecified atom stereocenters. The maximum Gasteiger partial charge on any atom is 0.255 e. The Balaban J connectivity index is 0.00000147. The highest BCUT2D eigenvalue weighted by molar-refractivity contribution is 6.06. The highest BCUT2D eigenvalue weighted by Gasteiger charge is 2.39. The topological polar surface area (TPSA) is 92.5 Å². The number of halogens is 1. The third kappa shape index (κ3) is 2.12. The molecule has 6 nitrogen and oxygen atoms in total. The summed E-state index contributed by atoms with van der Waals surface area (Å²) in [5, 5.41) is 2.27. The van der Waals surface area contributed by atoms with Gasteiger partial charge in [-0.15, -0.1) is 12.4 Å². The van der Waals surface area contributed by atoms with E-state index >= 15 is 0 Å². The average Bonchev–Trinajstić information content (AvgIpc) is 2.69. The van der Waals surface area contributed by atoms with Crippen LogP contribution in [0.5, 0.6) is 0 Å². The van der Waals surface area contributed by atoms with E-state index in [-0.39, 0.29) is 30.6 Å². The number of nitrogens with zero attached hydrogens (tertiary/aromatic N) is 1. The van der Waals surface area contributed by atoms with Crippen LogP contribution in [0.1, 0.15) is 28.8 Å². The number of anilines is 1. The summed E-state index contributed by atoms with van der Waals surface area (Å²) in [5.41, 5.74) is 7.71. The van der Waals surface area contributed by atoms with Crippen LogP contribution < -0.4 is 11.1 Å². The number of fused-ring (bicyclic) bond motifs is 1. The minimum atomic E-state index is -0.586. The quantitative estimate of drug-likeness (QED) is 0.581. The van der Waals surface area contributed by atoms with E-state index in [9.17, 15) is 14.4 Å². The maximum atomic E-state index is 12.3. The van der Waals surface area contributed by atoms with Crippen molar-refractivity contribution in [2.45, 2.75) is 25.4 Å². The van der Waals surface area contributed by atoms with E-state index in [1.54, 1.807) is 18.2 Å². The molecule has 3 rings (SSSR count). The lowest BCUT2D eigenvalue weighted by Gasteiger charge is -2.29. The van der Waals surface area contributed by atoms with Gasteiger partial charge in [-0.2, -0.15) is 0 Å². The molecule has 0 bridgehead atoms. The molecule has 20 heavy (non-hydrogen) atoms. The molecule has 0 saturated carbocycles. The second-order valence-corrected chi connectivity index (χ2v) is 4.77. The van der Waals surface area contributed by atoms with Gasteiger partial charge in [-0.3, -0.25) is 19.7 Å². The van der Waals surface area contributed by atoms with Gasteiger partial charge in [0.05, 0.1) is 0 Å². The summed E-state index contributed by atoms with van der Waals surface area (Å²) in [4.78, 5) is 36.7. The molecule has 3 N–H and O–H groups in total. The molecule has 0 spiro atoms. The lowest BCUT2D eigenvalue weighted by molar-refractivity contribution is -0.136. The Morgan fingerprint density at radius 2 is 2.00 bits per heavy atom. The van der Waals surface area contributed by atoms with Crippen LogP contribution in [-0.4, -0.2) is 28.7 Å². The first-order valence-corrected chi connectivity index (χ1v) is 6.10. The van der Waals surface area contributed by atoms with E-state index < -0.39 is 11.9 Å². The summed E-state index contributed by atoms with van der Waals surface area (Å²) < 4.78 is 0. The predicted molar refractivity (Wildman–Crippen MR) is 74.1 cm³/mol. The smallest absolute Gasteiger partial charge is 0.255 e. The molecule has 1 fully saturated rings. The summed E-state index contributed by atoms with van der Waals surface area (Å²) in [7, 11) is 0. The molecule has 1 aromatic carbocycles. The number of carbonyl (C=O) groups excluding carboxylic acids is 3. The average molecular weight is 296 g/mol. The third-order valence-corrected chi connectivity index (χ3v) is 3.62. The van der Waals surface area contributed by atoms with Crippen LogP contribution in [-0.2, 0) is 16.1 Å². The fourth-order valence-corrected chi connectivity index (χ4v) is 2.61. The van der Waals surface area contributed by atoms with Crippen molar-refractivity contribution in [3.05, 3.63) is 29.3 Å². The van der Waals surface area contributed by atoms with Gasteiger partial charge in [-0.05, 0) is 18.6 Å². The Bertz CT molecular complexity index is 603. The van der Waals surface area contributed by atoms with Gasteiger partial charge in [0.25, 0.3) is 5.91 Å². The van der Waals surface area contributed by atoms with Crippen molar-refractivity contribution in [1.82, 2.24) is 10.2 Å². The number of amides is 3. The standard InChI is InChI=1S/C13H13N3O3.ClH/c14-9-3-1-2-7-8(9)6-16(13(7)19)10-4-5-11(17)15-12(10)18;/h1-3,10H,4-6,14H2,(H,15,17,18);1H/t10-;/m1./s1. The first-order chi connectivity index (χ1) is 9.08. The summed E-state index contributed by atoms with van der Waals surface area (Å²) in [6.45, 7) is 0.327. The Morgan fingerprint density at radius 3 is 2.65 bits per heavy atom. The number of nitrogens with two attached hydrogens (primary N) is 1. The molecular formula is C13H14ClN3O3. The number of rotatable bonds is 1. The lowest BCUT2D eigenvalue weighted by atomic mass is 10.0. The molecule has 2 heterocycles. The third-order valence-electron chi connectivity index (χ3n) is 3.62. The van der Waals surface area contributed by atoms with Crippen molar-refractivity contribution >= 4 is 35.8 Å². The minimum absolute atomic E-state index is 0. The molecule has 2 aliphatic heterocycles. The van der Waals surface area contributed by atoms with E-state index in [0.717, 1.165) is 5.56 Å². The van der Waals surface area contributed by atoms with Gasteiger partial charge in [0.15, 0.2) is 0 Å². The molecule has 1 atom stereocenters. The Hall–Kier alpha value is -2.08. The Labute approximate surface area is 121 Å². The van der Waals surface area contributed by atoms with Gasteiger partial charge < -0.3 is 10.6 Å². The minimum Gasteiger partial charge on any atom is -0.398 e. The zero-order valence-electron chi connectivity index (χ0n) is 10.6. The molecule has 1 saturated heterocycles. The van der Waals surface area contributed by atoms with Crippen LogP contribution in [0.2, 0.25) is 0 Å². The van der Waals surface area contributed by atoms with Gasteiger partial charge in [-0.1, -0.05) is 6.07 Å². The van der Waals surface area contributed by atoms with Gasteiger partial charge in [0.1, 0.15) is 6.04 Å². The number of carbonyl (C=O) groups is 3. The number of hydrogen-bond donors (Lipinski definition) is 2. The van der Waals surface area contributed by atoms with Crippen LogP contribution in [0.4, 0.5) is 5.69 Å². The van der Waals surface area contributed by atoms with Gasteiger partial charge in [-0.25, -0.2) is 0 Å². The normalized spacial score (nSPS) is 21.3. The van der Waals surface area contributed by atoms with Gasteiger partial charge >= 0.3 is 0 Å². The zero-order chi connectivity index (χ0) is 13.6. The number of piperidine rings is 1. The summed E-state index contributed by atoms with van der Waals surface area (Å²) in [6.07, 6.45) is 0.621. The molecule has 106 valence electrons. The van der Waals surface area contributed by atoms with Crippen molar-refractivity contribution in [1.29, 1.82) is 0 Å². The zero-order valence-corrected chi connectivity index (χ0v) is 11.4. The highest BCUT2D eigenvalue weighted by Crippen LogP contribution is 2.30. The molecule has 3 amide bonds. The largest absolute Gasteiger partial charge is 0.398 e. The summed E-state index contributed by atoms with van der Waals surface area (Å²) >= 11 is 0. The molecule has 0 aliphatic carbocycles. The molecular weight excluding hydrogens is 282 g/mol. The number of benzene rings is 1. The van der Waals surface area contributed by atoms with Crippen LogP contribution in [0.15, 0.2) is 18.2 Å². The second-order valence-electron chi connectivity index (χ2n) is 4.77. The molecule has 7 heteroatoms. The van der Waals surface area contributed by atoms with Crippen molar-refractivity contribution < 1.29 is 14.4 Å². The second kappa shape index (κ2) is 5.13. The number of hydrogen-bond acceptors (Lipinski definition) is 4. The predicted octanol–water partition coefficient (Wildman–Crippen LogP) is 0.452. The van der Waals surface area contributed by atoms with E-state index in [0.29, 0.717) is 24.2 Å². The number of nitrogens with one attached hydrogen (secondary N) is 1. The summed E-state index contributed by atoms with van der Waals surface area (Å²) in [5.74, 6) is -0.891. The lowest BCUT2D eigenvalue weighted by Crippen LogP contribution is -2.52. The van der Waals surface area contributed by atoms with Crippen LogP contribution >= 0.6 is 12.4 Å². The highest BCUT2D eigenvalue weighted by atomic mass is 35.5.